The Kier molecular flexibility index (Phi) is 2.37. The van der Waals surface area contributed by atoms with Crippen molar-refractivity contribution < 1.29 is 0 Å². The van der Waals surface area contributed by atoms with Gasteiger partial charge in [0.05, 0.1) is 0 Å². The minimum atomic E-state index is 0.456. The molecule has 0 aromatic carbocycles. The summed E-state index contributed by atoms with van der Waals surface area (Å²) in [4.78, 5) is 0. The second-order valence-corrected chi connectivity index (χ2v) is 4.10. The largest absolute Gasteiger partial charge is 0.308 e. The van der Waals surface area contributed by atoms with Crippen LogP contribution in [0.2, 0.25) is 0 Å². The predicted octanol–water partition coefficient (Wildman–Crippen LogP) is 0.598. The lowest BCUT2D eigenvalue weighted by Crippen LogP contribution is -2.29. The number of nitrogens with zero attached hydrogens (tertiary/aromatic N) is 2. The van der Waals surface area contributed by atoms with E-state index in [1.807, 2.05) is 25.0 Å². The van der Waals surface area contributed by atoms with Crippen LogP contribution in [0.15, 0.2) is 6.20 Å². The fourth-order valence-electron chi connectivity index (χ4n) is 1.33. The van der Waals surface area contributed by atoms with Gasteiger partial charge in [0, 0.05) is 42.9 Å². The molecule has 3 nitrogen and oxygen atoms in total. The van der Waals surface area contributed by atoms with Gasteiger partial charge in [0.1, 0.15) is 6.20 Å². The van der Waals surface area contributed by atoms with E-state index in [1.165, 1.54) is 11.3 Å². The summed E-state index contributed by atoms with van der Waals surface area (Å²) >= 11 is 1.99. The zero-order valence-electron chi connectivity index (χ0n) is 7.08. The second kappa shape index (κ2) is 3.49. The molecule has 2 rings (SSSR count). The van der Waals surface area contributed by atoms with Crippen molar-refractivity contribution in [3.8, 4) is 0 Å². The van der Waals surface area contributed by atoms with Crippen LogP contribution < -0.4 is 5.32 Å². The molecule has 1 fully saturated rings. The molecule has 12 heavy (non-hydrogen) atoms. The minimum Gasteiger partial charge on any atom is -0.308 e. The van der Waals surface area contributed by atoms with Crippen LogP contribution in [-0.2, 0) is 7.05 Å². The van der Waals surface area contributed by atoms with Gasteiger partial charge in [0.25, 0.3) is 0 Å². The number of aromatic nitrogens is 2. The van der Waals surface area contributed by atoms with E-state index in [0.29, 0.717) is 6.04 Å². The highest BCUT2D eigenvalue weighted by molar-refractivity contribution is 7.99. The summed E-state index contributed by atoms with van der Waals surface area (Å²) in [5.41, 5.74) is 1.18. The third kappa shape index (κ3) is 1.64. The fraction of sp³-hybridized carbons (Fsp3) is 0.625. The van der Waals surface area contributed by atoms with Crippen molar-refractivity contribution >= 4 is 11.8 Å². The zero-order valence-corrected chi connectivity index (χ0v) is 7.90. The average Bonchev–Trinajstić information content (AvgIpc) is 2.54. The molecule has 1 aliphatic heterocycles. The maximum atomic E-state index is 4.03. The molecular weight excluding hydrogens is 170 g/mol. The second-order valence-electron chi connectivity index (χ2n) is 2.95. The Morgan fingerprint density at radius 3 is 3.33 bits per heavy atom. The van der Waals surface area contributed by atoms with Gasteiger partial charge in [0.15, 0.2) is 0 Å². The van der Waals surface area contributed by atoms with Crippen molar-refractivity contribution in [2.45, 2.75) is 6.04 Å². The zero-order chi connectivity index (χ0) is 8.39. The Hall–Kier alpha value is -0.480. The number of rotatable bonds is 1. The first-order valence-electron chi connectivity index (χ1n) is 4.08. The van der Waals surface area contributed by atoms with E-state index in [4.69, 9.17) is 0 Å². The van der Waals surface area contributed by atoms with Gasteiger partial charge in [-0.2, -0.15) is 16.9 Å². The van der Waals surface area contributed by atoms with Crippen LogP contribution in [0, 0.1) is 6.20 Å². The van der Waals surface area contributed by atoms with Crippen LogP contribution in [0.1, 0.15) is 11.6 Å². The first kappa shape index (κ1) is 8.13. The normalized spacial score (nSPS) is 24.2. The van der Waals surface area contributed by atoms with E-state index in [0.717, 1.165) is 12.3 Å². The quantitative estimate of drug-likeness (QED) is 0.689. The first-order valence-corrected chi connectivity index (χ1v) is 5.24. The number of aryl methyl sites for hydroxylation is 1. The fourth-order valence-corrected chi connectivity index (χ4v) is 2.29. The molecule has 1 N–H and O–H groups in total. The molecule has 2 heterocycles. The third-order valence-electron chi connectivity index (χ3n) is 1.96. The summed E-state index contributed by atoms with van der Waals surface area (Å²) < 4.78 is 1.80. The van der Waals surface area contributed by atoms with Crippen LogP contribution >= 0.6 is 11.8 Å². The van der Waals surface area contributed by atoms with Crippen molar-refractivity contribution in [2.24, 2.45) is 7.05 Å². The van der Waals surface area contributed by atoms with Gasteiger partial charge in [-0.05, 0) is 0 Å². The molecule has 1 radical (unpaired) electrons. The number of hydrogen-bond donors (Lipinski definition) is 1. The van der Waals surface area contributed by atoms with Crippen molar-refractivity contribution in [3.63, 3.8) is 0 Å². The van der Waals surface area contributed by atoms with E-state index in [9.17, 15) is 0 Å². The third-order valence-corrected chi connectivity index (χ3v) is 3.02. The molecule has 0 bridgehead atoms. The molecule has 0 amide bonds. The summed E-state index contributed by atoms with van der Waals surface area (Å²) in [7, 11) is 1.93. The molecule has 1 unspecified atom stereocenters. The van der Waals surface area contributed by atoms with Crippen molar-refractivity contribution in [1.82, 2.24) is 15.1 Å². The molecule has 0 aliphatic carbocycles. The standard InChI is InChI=1S/C8H12N3S/c1-11-5-7(4-10-11)8-6-12-3-2-9-8/h5,8-9H,2-3,6H2,1H3. The van der Waals surface area contributed by atoms with E-state index in [-0.39, 0.29) is 0 Å². The van der Waals surface area contributed by atoms with E-state index < -0.39 is 0 Å². The maximum absolute atomic E-state index is 4.03. The summed E-state index contributed by atoms with van der Waals surface area (Å²) in [6.07, 6.45) is 5.04. The van der Waals surface area contributed by atoms with Crippen LogP contribution in [0.4, 0.5) is 0 Å². The molecule has 4 heteroatoms. The monoisotopic (exact) mass is 182 g/mol. The molecule has 1 aliphatic rings. The summed E-state index contributed by atoms with van der Waals surface area (Å²) in [5, 5.41) is 7.48. The highest BCUT2D eigenvalue weighted by Crippen LogP contribution is 2.20. The number of hydrogen-bond acceptors (Lipinski definition) is 3. The Morgan fingerprint density at radius 2 is 2.75 bits per heavy atom. The molecule has 1 aromatic heterocycles. The SMILES string of the molecule is Cn1cc(C2CSCCN2)[c]n1. The lowest BCUT2D eigenvalue weighted by Gasteiger charge is -2.21. The Morgan fingerprint density at radius 1 is 1.83 bits per heavy atom. The van der Waals surface area contributed by atoms with Gasteiger partial charge in [-0.3, -0.25) is 4.68 Å². The first-order chi connectivity index (χ1) is 5.86. The number of thioether (sulfide) groups is 1. The summed E-state index contributed by atoms with van der Waals surface area (Å²) in [6.45, 7) is 1.10. The minimum absolute atomic E-state index is 0.456. The van der Waals surface area contributed by atoms with Crippen LogP contribution in [-0.4, -0.2) is 27.8 Å². The van der Waals surface area contributed by atoms with Crippen LogP contribution in [0.25, 0.3) is 0 Å². The van der Waals surface area contributed by atoms with E-state index >= 15 is 0 Å². The number of nitrogens with one attached hydrogen (secondary N) is 1. The highest BCUT2D eigenvalue weighted by Gasteiger charge is 2.16. The van der Waals surface area contributed by atoms with Crippen molar-refractivity contribution in [2.75, 3.05) is 18.1 Å². The van der Waals surface area contributed by atoms with Gasteiger partial charge in [-0.1, -0.05) is 0 Å². The van der Waals surface area contributed by atoms with Gasteiger partial charge in [-0.15, -0.1) is 0 Å². The summed E-state index contributed by atoms with van der Waals surface area (Å²) in [5.74, 6) is 2.36. The van der Waals surface area contributed by atoms with E-state index in [1.54, 1.807) is 4.68 Å². The predicted molar refractivity (Wildman–Crippen MR) is 50.1 cm³/mol. The van der Waals surface area contributed by atoms with Crippen LogP contribution in [0.3, 0.4) is 0 Å². The van der Waals surface area contributed by atoms with Gasteiger partial charge < -0.3 is 5.32 Å². The molecule has 0 spiro atoms. The van der Waals surface area contributed by atoms with Gasteiger partial charge >= 0.3 is 0 Å². The Labute approximate surface area is 76.5 Å². The van der Waals surface area contributed by atoms with Gasteiger partial charge in [0.2, 0.25) is 0 Å². The topological polar surface area (TPSA) is 29.9 Å². The Balaban J connectivity index is 2.08. The summed E-state index contributed by atoms with van der Waals surface area (Å²) in [6, 6.07) is 0.456. The smallest absolute Gasteiger partial charge is 0.118 e. The van der Waals surface area contributed by atoms with Crippen molar-refractivity contribution in [1.29, 1.82) is 0 Å². The molecule has 1 saturated heterocycles. The highest BCUT2D eigenvalue weighted by atomic mass is 32.2. The van der Waals surface area contributed by atoms with Gasteiger partial charge in [-0.25, -0.2) is 0 Å². The molecule has 1 aromatic rings. The van der Waals surface area contributed by atoms with Crippen molar-refractivity contribution in [3.05, 3.63) is 18.0 Å². The lowest BCUT2D eigenvalue weighted by molar-refractivity contribution is 0.594. The lowest BCUT2D eigenvalue weighted by atomic mass is 10.2. The molecule has 1 atom stereocenters. The Bertz CT molecular complexity index is 253. The van der Waals surface area contributed by atoms with Crippen LogP contribution in [0.5, 0.6) is 0 Å². The molecule has 65 valence electrons. The molecular formula is C8H12N3S. The maximum Gasteiger partial charge on any atom is 0.118 e. The average molecular weight is 182 g/mol. The molecule has 0 saturated carbocycles. The van der Waals surface area contributed by atoms with E-state index in [2.05, 4.69) is 16.6 Å².